The van der Waals surface area contributed by atoms with Crippen molar-refractivity contribution in [3.8, 4) is 34.2 Å². The van der Waals surface area contributed by atoms with Gasteiger partial charge in [0.15, 0.2) is 17.5 Å². The van der Waals surface area contributed by atoms with Gasteiger partial charge in [-0.3, -0.25) is 0 Å². The Labute approximate surface area is 189 Å². The van der Waals surface area contributed by atoms with Crippen LogP contribution in [0.2, 0.25) is 5.02 Å². The van der Waals surface area contributed by atoms with Crippen LogP contribution in [0.5, 0.6) is 0 Å². The van der Waals surface area contributed by atoms with E-state index in [0.29, 0.717) is 22.5 Å². The minimum absolute atomic E-state index is 0.554. The standard InChI is InChI=1S/C27H16ClN3O/c28-19-11-6-10-18(16-19)26-29-25(17-8-2-1-3-9-17)30-27(31-26)22-14-7-13-21-20-12-4-5-15-23(20)32-24(21)22/h1-16H. The molecule has 0 radical (unpaired) electrons. The van der Waals surface area contributed by atoms with Crippen LogP contribution in [0.15, 0.2) is 101 Å². The zero-order valence-electron chi connectivity index (χ0n) is 16.9. The Hall–Kier alpha value is -4.02. The van der Waals surface area contributed by atoms with Crippen LogP contribution < -0.4 is 0 Å². The number of benzene rings is 4. The summed E-state index contributed by atoms with van der Waals surface area (Å²) in [5.41, 5.74) is 4.16. The van der Waals surface area contributed by atoms with Crippen molar-refractivity contribution in [1.82, 2.24) is 15.0 Å². The number of aromatic nitrogens is 3. The molecular weight excluding hydrogens is 418 g/mol. The summed E-state index contributed by atoms with van der Waals surface area (Å²) in [5, 5.41) is 2.73. The molecule has 4 nitrogen and oxygen atoms in total. The molecule has 0 aliphatic heterocycles. The summed E-state index contributed by atoms with van der Waals surface area (Å²) in [5.74, 6) is 1.71. The van der Waals surface area contributed by atoms with E-state index in [9.17, 15) is 0 Å². The van der Waals surface area contributed by atoms with Gasteiger partial charge in [-0.15, -0.1) is 0 Å². The summed E-state index contributed by atoms with van der Waals surface area (Å²) in [7, 11) is 0. The van der Waals surface area contributed by atoms with Gasteiger partial charge in [0.25, 0.3) is 0 Å². The van der Waals surface area contributed by atoms with E-state index in [2.05, 4.69) is 12.1 Å². The maximum atomic E-state index is 6.25. The first-order valence-electron chi connectivity index (χ1n) is 10.2. The zero-order chi connectivity index (χ0) is 21.5. The van der Waals surface area contributed by atoms with Gasteiger partial charge in [0.05, 0.1) is 5.56 Å². The largest absolute Gasteiger partial charge is 0.455 e. The van der Waals surface area contributed by atoms with Gasteiger partial charge in [-0.05, 0) is 24.3 Å². The smallest absolute Gasteiger partial charge is 0.167 e. The van der Waals surface area contributed by atoms with Crippen molar-refractivity contribution in [3.05, 3.63) is 102 Å². The lowest BCUT2D eigenvalue weighted by Gasteiger charge is -2.09. The molecular formula is C27H16ClN3O. The SMILES string of the molecule is Clc1cccc(-c2nc(-c3ccccc3)nc(-c3cccc4c3oc3ccccc34)n2)c1. The lowest BCUT2D eigenvalue weighted by atomic mass is 10.1. The minimum Gasteiger partial charge on any atom is -0.455 e. The molecule has 0 atom stereocenters. The maximum absolute atomic E-state index is 6.25. The number of para-hydroxylation sites is 2. The molecule has 32 heavy (non-hydrogen) atoms. The van der Waals surface area contributed by atoms with E-state index in [-0.39, 0.29) is 0 Å². The average Bonchev–Trinajstić information content (AvgIpc) is 3.23. The van der Waals surface area contributed by atoms with Crippen molar-refractivity contribution in [3.63, 3.8) is 0 Å². The van der Waals surface area contributed by atoms with Crippen LogP contribution >= 0.6 is 11.6 Å². The van der Waals surface area contributed by atoms with E-state index >= 15 is 0 Å². The Bertz CT molecular complexity index is 1590. The molecule has 0 amide bonds. The first-order chi connectivity index (χ1) is 15.8. The van der Waals surface area contributed by atoms with Crippen molar-refractivity contribution < 1.29 is 4.42 Å². The van der Waals surface area contributed by atoms with Gasteiger partial charge in [-0.1, -0.05) is 84.4 Å². The highest BCUT2D eigenvalue weighted by Gasteiger charge is 2.17. The predicted octanol–water partition coefficient (Wildman–Crippen LogP) is 7.43. The fourth-order valence-electron chi connectivity index (χ4n) is 3.89. The summed E-state index contributed by atoms with van der Waals surface area (Å²) < 4.78 is 6.23. The molecule has 0 aliphatic rings. The lowest BCUT2D eigenvalue weighted by Crippen LogP contribution is -2.00. The summed E-state index contributed by atoms with van der Waals surface area (Å²) in [6.45, 7) is 0. The normalized spacial score (nSPS) is 11.3. The molecule has 152 valence electrons. The molecule has 0 unspecified atom stereocenters. The highest BCUT2D eigenvalue weighted by atomic mass is 35.5. The predicted molar refractivity (Wildman–Crippen MR) is 128 cm³/mol. The summed E-state index contributed by atoms with van der Waals surface area (Å²) in [4.78, 5) is 14.4. The molecule has 0 saturated carbocycles. The first-order valence-corrected chi connectivity index (χ1v) is 10.6. The zero-order valence-corrected chi connectivity index (χ0v) is 17.6. The third kappa shape index (κ3) is 3.22. The van der Waals surface area contributed by atoms with Gasteiger partial charge in [-0.25, -0.2) is 15.0 Å². The van der Waals surface area contributed by atoms with Crippen molar-refractivity contribution >= 4 is 33.5 Å². The van der Waals surface area contributed by atoms with Crippen molar-refractivity contribution in [2.45, 2.75) is 0 Å². The van der Waals surface area contributed by atoms with Crippen LogP contribution in [-0.2, 0) is 0 Å². The third-order valence-corrected chi connectivity index (χ3v) is 5.63. The molecule has 0 fully saturated rings. The van der Waals surface area contributed by atoms with Gasteiger partial charge in [-0.2, -0.15) is 0 Å². The average molecular weight is 434 g/mol. The van der Waals surface area contributed by atoms with Crippen LogP contribution in [-0.4, -0.2) is 15.0 Å². The Morgan fingerprint density at radius 1 is 0.562 bits per heavy atom. The molecule has 6 rings (SSSR count). The van der Waals surface area contributed by atoms with Crippen molar-refractivity contribution in [2.24, 2.45) is 0 Å². The van der Waals surface area contributed by atoms with E-state index in [1.54, 1.807) is 0 Å². The molecule has 0 N–H and O–H groups in total. The Morgan fingerprint density at radius 3 is 2.06 bits per heavy atom. The molecule has 5 heteroatoms. The summed E-state index contributed by atoms with van der Waals surface area (Å²) >= 11 is 6.25. The maximum Gasteiger partial charge on any atom is 0.167 e. The molecule has 6 aromatic rings. The Kier molecular flexibility index (Phi) is 4.44. The van der Waals surface area contributed by atoms with Crippen LogP contribution in [0.3, 0.4) is 0 Å². The van der Waals surface area contributed by atoms with Crippen LogP contribution in [0.1, 0.15) is 0 Å². The number of rotatable bonds is 3. The molecule has 0 bridgehead atoms. The number of halogens is 1. The number of furan rings is 1. The number of nitrogens with zero attached hydrogens (tertiary/aromatic N) is 3. The lowest BCUT2D eigenvalue weighted by molar-refractivity contribution is 0.669. The molecule has 2 heterocycles. The van der Waals surface area contributed by atoms with E-state index in [0.717, 1.165) is 38.6 Å². The molecule has 0 spiro atoms. The number of fused-ring (bicyclic) bond motifs is 3. The third-order valence-electron chi connectivity index (χ3n) is 5.40. The van der Waals surface area contributed by atoms with E-state index in [1.807, 2.05) is 84.9 Å². The van der Waals surface area contributed by atoms with E-state index in [4.69, 9.17) is 31.0 Å². The van der Waals surface area contributed by atoms with Crippen molar-refractivity contribution in [2.75, 3.05) is 0 Å². The second-order valence-corrected chi connectivity index (χ2v) is 7.90. The van der Waals surface area contributed by atoms with Crippen LogP contribution in [0.25, 0.3) is 56.1 Å². The monoisotopic (exact) mass is 433 g/mol. The molecule has 0 aliphatic carbocycles. The van der Waals surface area contributed by atoms with Gasteiger partial charge < -0.3 is 4.42 Å². The second kappa shape index (κ2) is 7.59. The second-order valence-electron chi connectivity index (χ2n) is 7.46. The van der Waals surface area contributed by atoms with E-state index in [1.165, 1.54) is 0 Å². The molecule has 2 aromatic heterocycles. The van der Waals surface area contributed by atoms with Crippen LogP contribution in [0.4, 0.5) is 0 Å². The Morgan fingerprint density at radius 2 is 1.22 bits per heavy atom. The topological polar surface area (TPSA) is 51.8 Å². The highest BCUT2D eigenvalue weighted by Crippen LogP contribution is 2.35. The van der Waals surface area contributed by atoms with Gasteiger partial charge in [0.1, 0.15) is 11.2 Å². The minimum atomic E-state index is 0.554. The fourth-order valence-corrected chi connectivity index (χ4v) is 4.08. The summed E-state index contributed by atoms with van der Waals surface area (Å²) in [6.07, 6.45) is 0. The highest BCUT2D eigenvalue weighted by molar-refractivity contribution is 6.30. The fraction of sp³-hybridized carbons (Fsp3) is 0. The first kappa shape index (κ1) is 18.7. The van der Waals surface area contributed by atoms with Crippen LogP contribution in [0, 0.1) is 0 Å². The molecule has 4 aromatic carbocycles. The van der Waals surface area contributed by atoms with E-state index < -0.39 is 0 Å². The molecule has 0 saturated heterocycles. The van der Waals surface area contributed by atoms with Gasteiger partial charge in [0.2, 0.25) is 0 Å². The van der Waals surface area contributed by atoms with Crippen molar-refractivity contribution in [1.29, 1.82) is 0 Å². The summed E-state index contributed by atoms with van der Waals surface area (Å²) in [6, 6.07) is 31.5. The Balaban J connectivity index is 1.63. The van der Waals surface area contributed by atoms with Gasteiger partial charge >= 0.3 is 0 Å². The number of hydrogen-bond acceptors (Lipinski definition) is 4. The number of hydrogen-bond donors (Lipinski definition) is 0. The van der Waals surface area contributed by atoms with Gasteiger partial charge in [0, 0.05) is 26.9 Å². The quantitative estimate of drug-likeness (QED) is 0.291.